The molecule has 39 heavy (non-hydrogen) atoms. The third-order valence-corrected chi connectivity index (χ3v) is 6.16. The summed E-state index contributed by atoms with van der Waals surface area (Å²) >= 11 is 0. The van der Waals surface area contributed by atoms with Gasteiger partial charge in [-0.05, 0) is 64.0 Å². The lowest BCUT2D eigenvalue weighted by Gasteiger charge is -2.11. The number of hydrogen-bond donors (Lipinski definition) is 2. The van der Waals surface area contributed by atoms with Gasteiger partial charge < -0.3 is 15.6 Å². The molecule has 4 heterocycles. The molecule has 0 amide bonds. The first-order chi connectivity index (χ1) is 18.5. The van der Waals surface area contributed by atoms with E-state index in [0.29, 0.717) is 11.5 Å². The average Bonchev–Trinajstić information content (AvgIpc) is 3.56. The van der Waals surface area contributed by atoms with Gasteiger partial charge in [0.25, 0.3) is 5.56 Å². The van der Waals surface area contributed by atoms with Crippen LogP contribution in [0.2, 0.25) is 0 Å². The van der Waals surface area contributed by atoms with Crippen LogP contribution in [0.4, 0.5) is 18.9 Å². The van der Waals surface area contributed by atoms with Gasteiger partial charge in [-0.15, -0.1) is 0 Å². The lowest BCUT2D eigenvalue weighted by molar-refractivity contribution is -0.136. The van der Waals surface area contributed by atoms with Gasteiger partial charge in [0.2, 0.25) is 5.78 Å². The van der Waals surface area contributed by atoms with Crippen LogP contribution in [-0.4, -0.2) is 48.9 Å². The van der Waals surface area contributed by atoms with E-state index >= 15 is 0 Å². The number of likely N-dealkylation sites (tertiary alicyclic amines) is 1. The van der Waals surface area contributed by atoms with Gasteiger partial charge in [0.05, 0.1) is 22.2 Å². The molecule has 0 unspecified atom stereocenters. The van der Waals surface area contributed by atoms with Crippen LogP contribution in [0.15, 0.2) is 29.3 Å². The van der Waals surface area contributed by atoms with Crippen molar-refractivity contribution in [3.8, 4) is 0 Å². The number of hydrogen-bond acceptors (Lipinski definition) is 6. The van der Waals surface area contributed by atoms with E-state index in [1.54, 1.807) is 10.6 Å². The number of nitrogens with one attached hydrogen (secondary N) is 1. The van der Waals surface area contributed by atoms with Gasteiger partial charge in [-0.1, -0.05) is 34.6 Å². The quantitative estimate of drug-likeness (QED) is 0.308. The number of aromatic amines is 1. The zero-order valence-corrected chi connectivity index (χ0v) is 23.9. The molecule has 1 fully saturated rings. The number of anilines is 1. The molecular formula is C28H40F3N7O. The number of imidazole rings is 1. The zero-order valence-electron chi connectivity index (χ0n) is 23.9. The van der Waals surface area contributed by atoms with Crippen molar-refractivity contribution in [3.05, 3.63) is 63.2 Å². The van der Waals surface area contributed by atoms with Gasteiger partial charge in [-0.2, -0.15) is 13.2 Å². The first-order valence-corrected chi connectivity index (χ1v) is 13.5. The standard InChI is InChI=1S/C18H15F3N6O.C6H13N.2C2H6/c1-8-6-27-7-10(24-17(27)23-9(8)2)3-15-25-14-5-13(22)12(18(19,20)21)4-11(14)16(28)26-15;1-2-7-5-3-4-6-7;2*1-2/h4-7H,3,22H2,1-2H3,(H,25,26,28);2-6H2,1H3;2*1-2H3. The van der Waals surface area contributed by atoms with Crippen LogP contribution in [0.3, 0.4) is 0 Å². The summed E-state index contributed by atoms with van der Waals surface area (Å²) < 4.78 is 40.8. The SMILES string of the molecule is CC.CC.CCN1CCCC1.Cc1cn2cc(Cc3nc4cc(N)c(C(F)(F)F)cc4c(=O)[nH]3)nc2nc1C. The van der Waals surface area contributed by atoms with E-state index in [2.05, 4.69) is 31.8 Å². The highest BCUT2D eigenvalue weighted by atomic mass is 19.4. The fourth-order valence-corrected chi connectivity index (χ4v) is 4.09. The number of aryl methyl sites for hydroxylation is 2. The van der Waals surface area contributed by atoms with Gasteiger partial charge in [-0.25, -0.2) is 15.0 Å². The van der Waals surface area contributed by atoms with Crippen molar-refractivity contribution in [1.82, 2.24) is 29.2 Å². The summed E-state index contributed by atoms with van der Waals surface area (Å²) in [6.07, 6.45) is 2.04. The largest absolute Gasteiger partial charge is 0.418 e. The highest BCUT2D eigenvalue weighted by molar-refractivity contribution is 5.83. The number of halogens is 3. The second-order valence-corrected chi connectivity index (χ2v) is 8.73. The maximum absolute atomic E-state index is 13.0. The van der Waals surface area contributed by atoms with Crippen LogP contribution in [0.1, 0.15) is 75.8 Å². The average molecular weight is 548 g/mol. The molecule has 1 aliphatic rings. The number of nitrogens with two attached hydrogens (primary N) is 1. The maximum Gasteiger partial charge on any atom is 0.418 e. The summed E-state index contributed by atoms with van der Waals surface area (Å²) in [6, 6.07) is 1.79. The van der Waals surface area contributed by atoms with Crippen molar-refractivity contribution in [2.75, 3.05) is 25.4 Å². The predicted octanol–water partition coefficient (Wildman–Crippen LogP) is 5.93. The minimum Gasteiger partial charge on any atom is -0.398 e. The van der Waals surface area contributed by atoms with Crippen molar-refractivity contribution in [3.63, 3.8) is 0 Å². The van der Waals surface area contributed by atoms with Gasteiger partial charge in [0, 0.05) is 30.2 Å². The number of aromatic nitrogens is 5. The first kappa shape index (κ1) is 31.7. The Morgan fingerprint density at radius 3 is 2.21 bits per heavy atom. The molecule has 0 saturated carbocycles. The molecule has 1 saturated heterocycles. The Balaban J connectivity index is 0.000000412. The monoisotopic (exact) mass is 547 g/mol. The molecule has 0 radical (unpaired) electrons. The Bertz CT molecular complexity index is 1380. The molecule has 0 bridgehead atoms. The minimum absolute atomic E-state index is 0.0952. The first-order valence-electron chi connectivity index (χ1n) is 13.5. The van der Waals surface area contributed by atoms with Crippen molar-refractivity contribution in [1.29, 1.82) is 0 Å². The summed E-state index contributed by atoms with van der Waals surface area (Å²) in [6.45, 7) is 18.0. The van der Waals surface area contributed by atoms with Crippen molar-refractivity contribution < 1.29 is 13.2 Å². The third kappa shape index (κ3) is 8.01. The number of benzene rings is 1. The zero-order chi connectivity index (χ0) is 29.3. The number of nitrogens with zero attached hydrogens (tertiary/aromatic N) is 5. The van der Waals surface area contributed by atoms with Crippen molar-refractivity contribution in [2.45, 2.75) is 73.9 Å². The predicted molar refractivity (Wildman–Crippen MR) is 151 cm³/mol. The summed E-state index contributed by atoms with van der Waals surface area (Å²) in [7, 11) is 0. The van der Waals surface area contributed by atoms with Crippen LogP contribution in [-0.2, 0) is 12.6 Å². The minimum atomic E-state index is -4.65. The lowest BCUT2D eigenvalue weighted by Crippen LogP contribution is -2.17. The van der Waals surface area contributed by atoms with E-state index in [-0.39, 0.29) is 23.1 Å². The molecular weight excluding hydrogens is 507 g/mol. The maximum atomic E-state index is 13.0. The van der Waals surface area contributed by atoms with Crippen molar-refractivity contribution >= 4 is 22.4 Å². The molecule has 0 aliphatic carbocycles. The van der Waals surface area contributed by atoms with E-state index < -0.39 is 23.0 Å². The molecule has 5 rings (SSSR count). The van der Waals surface area contributed by atoms with Gasteiger partial charge in [-0.3, -0.25) is 9.20 Å². The normalized spacial score (nSPS) is 13.3. The fourth-order valence-electron chi connectivity index (χ4n) is 4.09. The Labute approximate surface area is 227 Å². The van der Waals surface area contributed by atoms with Crippen LogP contribution in [0.5, 0.6) is 0 Å². The highest BCUT2D eigenvalue weighted by Crippen LogP contribution is 2.35. The highest BCUT2D eigenvalue weighted by Gasteiger charge is 2.33. The van der Waals surface area contributed by atoms with Crippen molar-refractivity contribution in [2.24, 2.45) is 0 Å². The Kier molecular flexibility index (Phi) is 11.5. The van der Waals surface area contributed by atoms with E-state index in [0.717, 1.165) is 23.4 Å². The molecule has 3 aromatic heterocycles. The molecule has 1 aliphatic heterocycles. The third-order valence-electron chi connectivity index (χ3n) is 6.16. The molecule has 8 nitrogen and oxygen atoms in total. The molecule has 4 aromatic rings. The van der Waals surface area contributed by atoms with Crippen LogP contribution >= 0.6 is 0 Å². The Hall–Kier alpha value is -3.47. The topological polar surface area (TPSA) is 105 Å². The second kappa shape index (κ2) is 14.1. The lowest BCUT2D eigenvalue weighted by atomic mass is 10.1. The Morgan fingerprint density at radius 2 is 1.64 bits per heavy atom. The van der Waals surface area contributed by atoms with Gasteiger partial charge in [0.15, 0.2) is 0 Å². The van der Waals surface area contributed by atoms with Crippen LogP contribution in [0, 0.1) is 13.8 Å². The van der Waals surface area contributed by atoms with Gasteiger partial charge in [0.1, 0.15) is 5.82 Å². The number of nitrogen functional groups attached to an aromatic ring is 1. The fraction of sp³-hybridized carbons (Fsp3) is 0.500. The van der Waals surface area contributed by atoms with E-state index in [1.165, 1.54) is 32.5 Å². The summed E-state index contributed by atoms with van der Waals surface area (Å²) in [5.41, 5.74) is 5.87. The molecule has 3 N–H and O–H groups in total. The van der Waals surface area contributed by atoms with Gasteiger partial charge >= 0.3 is 6.18 Å². The number of H-pyrrole nitrogens is 1. The number of alkyl halides is 3. The van der Waals surface area contributed by atoms with E-state index in [1.807, 2.05) is 47.7 Å². The molecule has 11 heteroatoms. The van der Waals surface area contributed by atoms with Crippen LogP contribution < -0.4 is 11.3 Å². The molecule has 0 atom stereocenters. The Morgan fingerprint density at radius 1 is 1.00 bits per heavy atom. The second-order valence-electron chi connectivity index (χ2n) is 8.73. The number of rotatable bonds is 3. The van der Waals surface area contributed by atoms with Crippen LogP contribution in [0.25, 0.3) is 16.7 Å². The van der Waals surface area contributed by atoms with E-state index in [4.69, 9.17) is 5.73 Å². The smallest absolute Gasteiger partial charge is 0.398 e. The van der Waals surface area contributed by atoms with E-state index in [9.17, 15) is 18.0 Å². The summed E-state index contributed by atoms with van der Waals surface area (Å²) in [5, 5.41) is -0.173. The molecule has 214 valence electrons. The molecule has 1 aromatic carbocycles. The number of fused-ring (bicyclic) bond motifs is 2. The summed E-state index contributed by atoms with van der Waals surface area (Å²) in [4.78, 5) is 30.3. The summed E-state index contributed by atoms with van der Waals surface area (Å²) in [5.74, 6) is 0.786. The molecule has 0 spiro atoms.